The summed E-state index contributed by atoms with van der Waals surface area (Å²) in [5.41, 5.74) is 7.36. The molecule has 0 spiro atoms. The normalized spacial score (nSPS) is 11.3. The van der Waals surface area contributed by atoms with Crippen molar-refractivity contribution in [3.63, 3.8) is 0 Å². The second kappa shape index (κ2) is 7.34. The van der Waals surface area contributed by atoms with Crippen molar-refractivity contribution >= 4 is 11.6 Å². The van der Waals surface area contributed by atoms with E-state index in [4.69, 9.17) is 10.8 Å². The van der Waals surface area contributed by atoms with E-state index in [1.54, 1.807) is 24.4 Å². The minimum Gasteiger partial charge on any atom is -0.305 e. The molecule has 3 N–H and O–H groups in total. The molecular weight excluding hydrogens is 357 g/mol. The summed E-state index contributed by atoms with van der Waals surface area (Å²) in [6, 6.07) is 12.2. The number of imidazole rings is 1. The number of hydrazine groups is 1. The number of hydrogen-bond donors (Lipinski definition) is 2. The highest BCUT2D eigenvalue weighted by Gasteiger charge is 2.18. The summed E-state index contributed by atoms with van der Waals surface area (Å²) < 4.78 is 15.4. The van der Waals surface area contributed by atoms with E-state index >= 15 is 0 Å². The second-order valence-corrected chi connectivity index (χ2v) is 6.73. The molecule has 7 nitrogen and oxygen atoms in total. The standard InChI is InChI=1S/C20H20FN7/c1-27(2)12-13-8-10-28-17(11-13)25-18(14-3-5-15(21)6-4-14)19(28)16-7-9-23-20(24-16)26-22/h3-11H,12,22H2,1-2H3,(H,23,24,26). The van der Waals surface area contributed by atoms with Crippen molar-refractivity contribution in [2.24, 2.45) is 5.84 Å². The minimum absolute atomic E-state index is 0.293. The van der Waals surface area contributed by atoms with Gasteiger partial charge in [0.25, 0.3) is 0 Å². The molecule has 3 aromatic heterocycles. The lowest BCUT2D eigenvalue weighted by Crippen LogP contribution is -2.11. The zero-order valence-electron chi connectivity index (χ0n) is 15.6. The summed E-state index contributed by atoms with van der Waals surface area (Å²) in [7, 11) is 4.04. The summed E-state index contributed by atoms with van der Waals surface area (Å²) in [5, 5.41) is 0. The van der Waals surface area contributed by atoms with Crippen LogP contribution in [-0.2, 0) is 6.54 Å². The van der Waals surface area contributed by atoms with Crippen molar-refractivity contribution in [1.82, 2.24) is 24.3 Å². The maximum atomic E-state index is 13.4. The highest BCUT2D eigenvalue weighted by atomic mass is 19.1. The predicted molar refractivity (Wildman–Crippen MR) is 107 cm³/mol. The second-order valence-electron chi connectivity index (χ2n) is 6.73. The van der Waals surface area contributed by atoms with Gasteiger partial charge in [-0.2, -0.15) is 0 Å². The number of nitrogens with one attached hydrogen (secondary N) is 1. The molecule has 0 atom stereocenters. The van der Waals surface area contributed by atoms with Gasteiger partial charge in [-0.1, -0.05) is 0 Å². The summed E-state index contributed by atoms with van der Waals surface area (Å²) in [6.07, 6.45) is 3.60. The lowest BCUT2D eigenvalue weighted by Gasteiger charge is -2.10. The van der Waals surface area contributed by atoms with Crippen LogP contribution in [0.1, 0.15) is 5.56 Å². The third-order valence-electron chi connectivity index (χ3n) is 4.33. The molecule has 4 aromatic rings. The molecule has 0 unspecified atom stereocenters. The first-order chi connectivity index (χ1) is 13.5. The van der Waals surface area contributed by atoms with Gasteiger partial charge in [0.1, 0.15) is 11.5 Å². The molecule has 0 aliphatic rings. The quantitative estimate of drug-likeness (QED) is 0.411. The van der Waals surface area contributed by atoms with E-state index in [9.17, 15) is 4.39 Å². The number of anilines is 1. The third-order valence-corrected chi connectivity index (χ3v) is 4.33. The molecule has 0 radical (unpaired) electrons. The number of hydrogen-bond acceptors (Lipinski definition) is 6. The molecule has 0 saturated heterocycles. The summed E-state index contributed by atoms with van der Waals surface area (Å²) in [4.78, 5) is 15.5. The Hall–Kier alpha value is -3.36. The first-order valence-corrected chi connectivity index (χ1v) is 8.77. The maximum Gasteiger partial charge on any atom is 0.237 e. The number of nitrogens with two attached hydrogens (primary N) is 1. The fraction of sp³-hybridized carbons (Fsp3) is 0.150. The smallest absolute Gasteiger partial charge is 0.237 e. The van der Waals surface area contributed by atoms with Crippen molar-refractivity contribution in [1.29, 1.82) is 0 Å². The number of nitrogen functional groups attached to an aromatic ring is 1. The van der Waals surface area contributed by atoms with Gasteiger partial charge >= 0.3 is 0 Å². The van der Waals surface area contributed by atoms with E-state index in [1.807, 2.05) is 30.8 Å². The first kappa shape index (κ1) is 18.0. The Bertz CT molecular complexity index is 1120. The van der Waals surface area contributed by atoms with Gasteiger partial charge in [0, 0.05) is 24.5 Å². The number of pyridine rings is 1. The van der Waals surface area contributed by atoms with Gasteiger partial charge < -0.3 is 4.90 Å². The van der Waals surface area contributed by atoms with Crippen molar-refractivity contribution in [3.8, 4) is 22.6 Å². The van der Waals surface area contributed by atoms with Gasteiger partial charge in [-0.05, 0) is 62.1 Å². The Kier molecular flexibility index (Phi) is 4.72. The van der Waals surface area contributed by atoms with Crippen LogP contribution in [0.3, 0.4) is 0 Å². The number of halogens is 1. The van der Waals surface area contributed by atoms with Crippen LogP contribution in [0.25, 0.3) is 28.3 Å². The highest BCUT2D eigenvalue weighted by Crippen LogP contribution is 2.32. The average Bonchev–Trinajstić information content (AvgIpc) is 3.06. The average molecular weight is 377 g/mol. The maximum absolute atomic E-state index is 13.4. The molecule has 142 valence electrons. The summed E-state index contributed by atoms with van der Waals surface area (Å²) in [6.45, 7) is 0.805. The number of nitrogens with zero attached hydrogens (tertiary/aromatic N) is 5. The van der Waals surface area contributed by atoms with Crippen molar-refractivity contribution in [2.45, 2.75) is 6.54 Å². The number of benzene rings is 1. The molecule has 0 saturated carbocycles. The fourth-order valence-electron chi connectivity index (χ4n) is 3.16. The SMILES string of the molecule is CN(C)Cc1ccn2c(-c3ccnc(NN)n3)c(-c3ccc(F)cc3)nc2c1. The molecule has 0 amide bonds. The Morgan fingerprint density at radius 2 is 1.89 bits per heavy atom. The molecule has 0 aliphatic heterocycles. The topological polar surface area (TPSA) is 84.4 Å². The zero-order chi connectivity index (χ0) is 19.7. The largest absolute Gasteiger partial charge is 0.305 e. The number of aromatic nitrogens is 4. The van der Waals surface area contributed by atoms with Crippen LogP contribution >= 0.6 is 0 Å². The molecule has 4 rings (SSSR count). The van der Waals surface area contributed by atoms with Gasteiger partial charge in [-0.15, -0.1) is 0 Å². The van der Waals surface area contributed by atoms with Crippen molar-refractivity contribution in [2.75, 3.05) is 19.5 Å². The van der Waals surface area contributed by atoms with Crippen molar-refractivity contribution in [3.05, 3.63) is 66.2 Å². The number of rotatable bonds is 5. The van der Waals surface area contributed by atoms with Crippen LogP contribution in [0, 0.1) is 5.82 Å². The monoisotopic (exact) mass is 377 g/mol. The van der Waals surface area contributed by atoms with E-state index in [1.165, 1.54) is 12.1 Å². The Labute approximate surface area is 161 Å². The fourth-order valence-corrected chi connectivity index (χ4v) is 3.16. The molecule has 0 bridgehead atoms. The number of fused-ring (bicyclic) bond motifs is 1. The molecular formula is C20H20FN7. The van der Waals surface area contributed by atoms with E-state index < -0.39 is 0 Å². The first-order valence-electron chi connectivity index (χ1n) is 8.77. The van der Waals surface area contributed by atoms with Gasteiger partial charge in [-0.3, -0.25) is 9.83 Å². The van der Waals surface area contributed by atoms with Crippen LogP contribution in [-0.4, -0.2) is 38.3 Å². The van der Waals surface area contributed by atoms with Gasteiger partial charge in [0.05, 0.1) is 17.1 Å². The molecule has 1 aromatic carbocycles. The van der Waals surface area contributed by atoms with Crippen LogP contribution in [0.2, 0.25) is 0 Å². The van der Waals surface area contributed by atoms with Gasteiger partial charge in [-0.25, -0.2) is 25.2 Å². The Morgan fingerprint density at radius 1 is 1.11 bits per heavy atom. The van der Waals surface area contributed by atoms with Gasteiger partial charge in [0.15, 0.2) is 0 Å². The van der Waals surface area contributed by atoms with Crippen LogP contribution < -0.4 is 11.3 Å². The zero-order valence-corrected chi connectivity index (χ0v) is 15.6. The minimum atomic E-state index is -0.293. The van der Waals surface area contributed by atoms with E-state index in [2.05, 4.69) is 26.4 Å². The van der Waals surface area contributed by atoms with Crippen LogP contribution in [0.4, 0.5) is 10.3 Å². The predicted octanol–water partition coefficient (Wildman–Crippen LogP) is 2.94. The van der Waals surface area contributed by atoms with Crippen LogP contribution in [0.5, 0.6) is 0 Å². The molecule has 3 heterocycles. The van der Waals surface area contributed by atoms with Gasteiger partial charge in [0.2, 0.25) is 5.95 Å². The lowest BCUT2D eigenvalue weighted by atomic mass is 10.1. The molecule has 0 fully saturated rings. The summed E-state index contributed by atoms with van der Waals surface area (Å²) in [5.74, 6) is 5.49. The lowest BCUT2D eigenvalue weighted by molar-refractivity contribution is 0.402. The third kappa shape index (κ3) is 3.42. The van der Waals surface area contributed by atoms with E-state index in [0.717, 1.165) is 29.0 Å². The van der Waals surface area contributed by atoms with E-state index in [-0.39, 0.29) is 5.82 Å². The van der Waals surface area contributed by atoms with E-state index in [0.29, 0.717) is 17.3 Å². The van der Waals surface area contributed by atoms with Crippen molar-refractivity contribution < 1.29 is 4.39 Å². The highest BCUT2D eigenvalue weighted by molar-refractivity contribution is 5.80. The molecule has 8 heteroatoms. The molecule has 28 heavy (non-hydrogen) atoms. The van der Waals surface area contributed by atoms with Crippen LogP contribution in [0.15, 0.2) is 54.9 Å². The summed E-state index contributed by atoms with van der Waals surface area (Å²) >= 11 is 0. The molecule has 0 aliphatic carbocycles. The Balaban J connectivity index is 1.95. The Morgan fingerprint density at radius 3 is 2.61 bits per heavy atom.